The molecule has 0 fully saturated rings. The second-order valence-electron chi connectivity index (χ2n) is 4.19. The van der Waals surface area contributed by atoms with Gasteiger partial charge in [-0.05, 0) is 17.7 Å². The first kappa shape index (κ1) is 13.9. The van der Waals surface area contributed by atoms with E-state index in [1.165, 1.54) is 0 Å². The van der Waals surface area contributed by atoms with Gasteiger partial charge in [0.2, 0.25) is 0 Å². The molecule has 0 aliphatic heterocycles. The molecule has 3 heteroatoms. The summed E-state index contributed by atoms with van der Waals surface area (Å²) in [5.41, 5.74) is 2.05. The molecule has 0 N–H and O–H groups in total. The maximum Gasteiger partial charge on any atom is 0.339 e. The standard InChI is InChI=1S/C17H16O3/c1-3-14-15(10-7-11-16(14)19-2)17(18)20-12-13-8-5-4-6-9-13/h3-11H,1,12H2,2H3. The van der Waals surface area contributed by atoms with Crippen molar-refractivity contribution < 1.29 is 14.3 Å². The van der Waals surface area contributed by atoms with Crippen molar-refractivity contribution in [1.29, 1.82) is 0 Å². The number of hydrogen-bond donors (Lipinski definition) is 0. The zero-order valence-corrected chi connectivity index (χ0v) is 11.3. The Morgan fingerprint density at radius 2 is 1.90 bits per heavy atom. The van der Waals surface area contributed by atoms with E-state index in [1.54, 1.807) is 31.4 Å². The summed E-state index contributed by atoms with van der Waals surface area (Å²) in [6, 6.07) is 14.8. The fourth-order valence-electron chi connectivity index (χ4n) is 1.91. The lowest BCUT2D eigenvalue weighted by molar-refractivity contribution is 0.0472. The highest BCUT2D eigenvalue weighted by Gasteiger charge is 2.14. The molecule has 2 rings (SSSR count). The van der Waals surface area contributed by atoms with E-state index in [0.717, 1.165) is 5.56 Å². The Bertz CT molecular complexity index is 603. The Hall–Kier alpha value is -2.55. The number of esters is 1. The third-order valence-electron chi connectivity index (χ3n) is 2.92. The van der Waals surface area contributed by atoms with Gasteiger partial charge in [-0.25, -0.2) is 4.79 Å². The van der Waals surface area contributed by atoms with Crippen molar-refractivity contribution in [3.63, 3.8) is 0 Å². The molecule has 0 radical (unpaired) electrons. The smallest absolute Gasteiger partial charge is 0.339 e. The van der Waals surface area contributed by atoms with E-state index < -0.39 is 0 Å². The predicted molar refractivity (Wildman–Crippen MR) is 78.6 cm³/mol. The topological polar surface area (TPSA) is 35.5 Å². The minimum absolute atomic E-state index is 0.244. The van der Waals surface area contributed by atoms with Crippen LogP contribution in [0, 0.1) is 0 Å². The van der Waals surface area contributed by atoms with Gasteiger partial charge in [0, 0.05) is 5.56 Å². The van der Waals surface area contributed by atoms with Gasteiger partial charge in [0.05, 0.1) is 12.7 Å². The fourth-order valence-corrected chi connectivity index (χ4v) is 1.91. The lowest BCUT2D eigenvalue weighted by Crippen LogP contribution is -2.07. The first-order valence-electron chi connectivity index (χ1n) is 6.26. The maximum absolute atomic E-state index is 12.1. The fraction of sp³-hybridized carbons (Fsp3) is 0.118. The third kappa shape index (κ3) is 3.06. The molecule has 0 saturated carbocycles. The second kappa shape index (κ2) is 6.57. The van der Waals surface area contributed by atoms with Crippen molar-refractivity contribution in [2.24, 2.45) is 0 Å². The Balaban J connectivity index is 2.15. The monoisotopic (exact) mass is 268 g/mol. The van der Waals surface area contributed by atoms with Crippen molar-refractivity contribution in [3.8, 4) is 5.75 Å². The van der Waals surface area contributed by atoms with E-state index in [9.17, 15) is 4.79 Å². The molecule has 102 valence electrons. The van der Waals surface area contributed by atoms with E-state index in [1.807, 2.05) is 30.3 Å². The Morgan fingerprint density at radius 3 is 2.55 bits per heavy atom. The van der Waals surface area contributed by atoms with Crippen molar-refractivity contribution >= 4 is 12.0 Å². The summed E-state index contributed by atoms with van der Waals surface area (Å²) in [6.07, 6.45) is 1.60. The molecule has 0 heterocycles. The summed E-state index contributed by atoms with van der Waals surface area (Å²) in [6.45, 7) is 3.96. The predicted octanol–water partition coefficient (Wildman–Crippen LogP) is 3.70. The van der Waals surface area contributed by atoms with Crippen LogP contribution in [0.15, 0.2) is 55.1 Å². The highest BCUT2D eigenvalue weighted by Crippen LogP contribution is 2.24. The van der Waals surface area contributed by atoms with Gasteiger partial charge < -0.3 is 9.47 Å². The molecule has 0 saturated heterocycles. The van der Waals surface area contributed by atoms with E-state index in [2.05, 4.69) is 6.58 Å². The average molecular weight is 268 g/mol. The lowest BCUT2D eigenvalue weighted by atomic mass is 10.1. The Labute approximate surface area is 118 Å². The molecule has 20 heavy (non-hydrogen) atoms. The van der Waals surface area contributed by atoms with Gasteiger partial charge in [-0.15, -0.1) is 0 Å². The molecule has 2 aromatic rings. The number of methoxy groups -OCH3 is 1. The van der Waals surface area contributed by atoms with Gasteiger partial charge in [-0.3, -0.25) is 0 Å². The third-order valence-corrected chi connectivity index (χ3v) is 2.92. The van der Waals surface area contributed by atoms with Crippen LogP contribution in [-0.4, -0.2) is 13.1 Å². The first-order chi connectivity index (χ1) is 9.76. The van der Waals surface area contributed by atoms with E-state index in [-0.39, 0.29) is 12.6 Å². The number of carbonyl (C=O) groups excluding carboxylic acids is 1. The molecular formula is C17H16O3. The molecule has 3 nitrogen and oxygen atoms in total. The van der Waals surface area contributed by atoms with E-state index >= 15 is 0 Å². The van der Waals surface area contributed by atoms with Gasteiger partial charge in [0.15, 0.2) is 0 Å². The van der Waals surface area contributed by atoms with Crippen LogP contribution in [-0.2, 0) is 11.3 Å². The SMILES string of the molecule is C=Cc1c(OC)cccc1C(=O)OCc1ccccc1. The summed E-state index contributed by atoms with van der Waals surface area (Å²) < 4.78 is 10.5. The number of rotatable bonds is 5. The van der Waals surface area contributed by atoms with Gasteiger partial charge in [0.1, 0.15) is 12.4 Å². The zero-order valence-electron chi connectivity index (χ0n) is 11.3. The van der Waals surface area contributed by atoms with Crippen LogP contribution in [0.2, 0.25) is 0 Å². The summed E-state index contributed by atoms with van der Waals surface area (Å²) in [5, 5.41) is 0. The Morgan fingerprint density at radius 1 is 1.15 bits per heavy atom. The lowest BCUT2D eigenvalue weighted by Gasteiger charge is -2.10. The summed E-state index contributed by atoms with van der Waals surface area (Å²) >= 11 is 0. The van der Waals surface area contributed by atoms with Crippen molar-refractivity contribution in [2.75, 3.05) is 7.11 Å². The maximum atomic E-state index is 12.1. The number of hydrogen-bond acceptors (Lipinski definition) is 3. The molecule has 0 unspecified atom stereocenters. The molecule has 2 aromatic carbocycles. The van der Waals surface area contributed by atoms with Crippen molar-refractivity contribution in [1.82, 2.24) is 0 Å². The van der Waals surface area contributed by atoms with E-state index in [0.29, 0.717) is 16.9 Å². The highest BCUT2D eigenvalue weighted by molar-refractivity contribution is 5.94. The van der Waals surface area contributed by atoms with Crippen LogP contribution in [0.25, 0.3) is 6.08 Å². The van der Waals surface area contributed by atoms with Gasteiger partial charge >= 0.3 is 5.97 Å². The first-order valence-corrected chi connectivity index (χ1v) is 6.26. The largest absolute Gasteiger partial charge is 0.496 e. The summed E-state index contributed by atoms with van der Waals surface area (Å²) in [7, 11) is 1.56. The second-order valence-corrected chi connectivity index (χ2v) is 4.19. The molecule has 0 aromatic heterocycles. The minimum atomic E-state index is -0.386. The number of ether oxygens (including phenoxy) is 2. The van der Waals surface area contributed by atoms with Crippen LogP contribution < -0.4 is 4.74 Å². The molecule has 0 aliphatic rings. The average Bonchev–Trinajstić information content (AvgIpc) is 2.52. The van der Waals surface area contributed by atoms with Crippen LogP contribution in [0.3, 0.4) is 0 Å². The quantitative estimate of drug-likeness (QED) is 0.776. The van der Waals surface area contributed by atoms with Crippen LogP contribution in [0.1, 0.15) is 21.5 Å². The van der Waals surface area contributed by atoms with Crippen LogP contribution in [0.5, 0.6) is 5.75 Å². The van der Waals surface area contributed by atoms with Gasteiger partial charge in [0.25, 0.3) is 0 Å². The Kier molecular flexibility index (Phi) is 4.56. The molecule has 0 amide bonds. The summed E-state index contributed by atoms with van der Waals surface area (Å²) in [4.78, 5) is 12.1. The molecule has 0 spiro atoms. The van der Waals surface area contributed by atoms with Gasteiger partial charge in [-0.1, -0.05) is 49.1 Å². The molecule has 0 atom stereocenters. The normalized spacial score (nSPS) is 9.85. The van der Waals surface area contributed by atoms with Crippen molar-refractivity contribution in [3.05, 3.63) is 71.8 Å². The van der Waals surface area contributed by atoms with Gasteiger partial charge in [-0.2, -0.15) is 0 Å². The summed E-state index contributed by atoms with van der Waals surface area (Å²) in [5.74, 6) is 0.219. The molecule has 0 aliphatic carbocycles. The molecule has 0 bridgehead atoms. The van der Waals surface area contributed by atoms with Crippen molar-refractivity contribution in [2.45, 2.75) is 6.61 Å². The minimum Gasteiger partial charge on any atom is -0.496 e. The zero-order chi connectivity index (χ0) is 14.4. The highest BCUT2D eigenvalue weighted by atomic mass is 16.5. The molecular weight excluding hydrogens is 252 g/mol. The van der Waals surface area contributed by atoms with Crippen LogP contribution in [0.4, 0.5) is 0 Å². The number of carbonyl (C=O) groups is 1. The van der Waals surface area contributed by atoms with Crippen LogP contribution >= 0.6 is 0 Å². The van der Waals surface area contributed by atoms with E-state index in [4.69, 9.17) is 9.47 Å². The number of benzene rings is 2.